The van der Waals surface area contributed by atoms with Crippen molar-refractivity contribution in [3.05, 3.63) is 65.8 Å². The van der Waals surface area contributed by atoms with Crippen LogP contribution in [0.5, 0.6) is 0 Å². The maximum absolute atomic E-state index is 13.4. The molecule has 2 aromatic rings. The van der Waals surface area contributed by atoms with Gasteiger partial charge in [-0.1, -0.05) is 6.07 Å². The number of carboxylic acid groups (broad SMARTS) is 1. The van der Waals surface area contributed by atoms with Crippen molar-refractivity contribution in [3.8, 4) is 0 Å². The van der Waals surface area contributed by atoms with Gasteiger partial charge in [-0.2, -0.15) is 0 Å². The molecule has 2 amide bonds. The summed E-state index contributed by atoms with van der Waals surface area (Å²) < 4.78 is 29.8. The fourth-order valence-corrected chi connectivity index (χ4v) is 6.23. The van der Waals surface area contributed by atoms with Crippen LogP contribution in [0.3, 0.4) is 0 Å². The molecule has 2 aliphatic rings. The van der Waals surface area contributed by atoms with Gasteiger partial charge >= 0.3 is 12.1 Å². The fraction of sp³-hybridized carbons (Fsp3) is 0.286. The predicted octanol–water partition coefficient (Wildman–Crippen LogP) is 0.595. The summed E-state index contributed by atoms with van der Waals surface area (Å²) in [5.74, 6) is -2.22. The number of aromatic nitrogens is 2. The van der Waals surface area contributed by atoms with Crippen LogP contribution in [-0.2, 0) is 30.7 Å². The number of fused-ring (bicyclic) bond motifs is 1. The number of carboxylic acids is 1. The molecule has 2 fully saturated rings. The van der Waals surface area contributed by atoms with Gasteiger partial charge in [-0.05, 0) is 42.8 Å². The Morgan fingerprint density at radius 2 is 1.97 bits per heavy atom. The highest BCUT2D eigenvalue weighted by molar-refractivity contribution is 7.94. The molecular weight excluding hydrogens is 452 g/mol. The second-order valence-corrected chi connectivity index (χ2v) is 10.3. The molecule has 0 saturated carbocycles. The van der Waals surface area contributed by atoms with Gasteiger partial charge in [0.1, 0.15) is 11.4 Å². The molecule has 4 rings (SSSR count). The first-order chi connectivity index (χ1) is 15.7. The number of hydrogen-bond acceptors (Lipinski definition) is 8. The number of nitrogens with one attached hydrogen (secondary N) is 1. The molecule has 0 unspecified atom stereocenters. The van der Waals surface area contributed by atoms with E-state index in [2.05, 4.69) is 15.3 Å². The number of carbonyl (C=O) groups is 3. The molecule has 172 valence electrons. The highest BCUT2D eigenvalue weighted by atomic mass is 32.2. The van der Waals surface area contributed by atoms with E-state index in [0.29, 0.717) is 5.69 Å². The lowest BCUT2D eigenvalue weighted by molar-refractivity contribution is -0.153. The molecule has 33 heavy (non-hydrogen) atoms. The lowest BCUT2D eigenvalue weighted by Crippen LogP contribution is -2.59. The van der Waals surface area contributed by atoms with Crippen molar-refractivity contribution in [1.29, 1.82) is 0 Å². The van der Waals surface area contributed by atoms with Gasteiger partial charge in [0.15, 0.2) is 21.3 Å². The highest BCUT2D eigenvalue weighted by Gasteiger charge is 2.72. The fourth-order valence-electron chi connectivity index (χ4n) is 3.95. The van der Waals surface area contributed by atoms with Crippen LogP contribution in [0.15, 0.2) is 54.5 Å². The van der Waals surface area contributed by atoms with Crippen LogP contribution < -0.4 is 5.32 Å². The Balaban J connectivity index is 1.55. The molecule has 0 aromatic carbocycles. The molecule has 11 nitrogen and oxygen atoms in total. The smallest absolute Gasteiger partial charge is 0.407 e. The van der Waals surface area contributed by atoms with E-state index in [4.69, 9.17) is 4.74 Å². The third-order valence-electron chi connectivity index (χ3n) is 5.70. The first-order valence-electron chi connectivity index (χ1n) is 9.88. The monoisotopic (exact) mass is 472 g/mol. The summed E-state index contributed by atoms with van der Waals surface area (Å²) in [6, 6.07) is 6.57. The molecule has 3 atom stereocenters. The van der Waals surface area contributed by atoms with E-state index < -0.39 is 50.6 Å². The number of hydrogen-bond donors (Lipinski definition) is 2. The average molecular weight is 472 g/mol. The Morgan fingerprint density at radius 3 is 2.61 bits per heavy atom. The quantitative estimate of drug-likeness (QED) is 0.454. The third kappa shape index (κ3) is 3.71. The molecule has 4 heterocycles. The summed E-state index contributed by atoms with van der Waals surface area (Å²) in [5, 5.41) is 10.8. The van der Waals surface area contributed by atoms with Crippen LogP contribution >= 0.6 is 0 Å². The van der Waals surface area contributed by atoms with Crippen molar-refractivity contribution in [1.82, 2.24) is 20.2 Å². The van der Waals surface area contributed by atoms with Gasteiger partial charge in [0.05, 0.1) is 11.3 Å². The number of sulfone groups is 1. The number of carbonyl (C=O) groups excluding carboxylic acids is 2. The standard InChI is InChI=1S/C21H20N4O7S/c1-21(12-32-20(29)24-11-13-5-8-22-9-6-13)16(19(27)28)25-17(26)15(18(25)33(21,30)31)10-14-4-2-3-7-23-14/h2-10,16,18H,11-12H2,1H3,(H,24,29)(H,27,28)/t16-,18+,21-/m0/s1. The van der Waals surface area contributed by atoms with Gasteiger partial charge in [0.2, 0.25) is 0 Å². The number of aliphatic carboxylic acids is 1. The summed E-state index contributed by atoms with van der Waals surface area (Å²) in [4.78, 5) is 45.6. The first-order valence-corrected chi connectivity index (χ1v) is 11.4. The zero-order valence-corrected chi connectivity index (χ0v) is 18.2. The van der Waals surface area contributed by atoms with Gasteiger partial charge in [-0.25, -0.2) is 18.0 Å². The summed E-state index contributed by atoms with van der Waals surface area (Å²) >= 11 is 0. The van der Waals surface area contributed by atoms with Crippen LogP contribution in [0.2, 0.25) is 0 Å². The summed E-state index contributed by atoms with van der Waals surface area (Å²) in [7, 11) is -4.27. The van der Waals surface area contributed by atoms with E-state index in [9.17, 15) is 27.9 Å². The number of rotatable bonds is 6. The summed E-state index contributed by atoms with van der Waals surface area (Å²) in [6.45, 7) is 0.532. The Morgan fingerprint density at radius 1 is 1.24 bits per heavy atom. The van der Waals surface area contributed by atoms with Crippen molar-refractivity contribution in [3.63, 3.8) is 0 Å². The Kier molecular flexibility index (Phi) is 5.62. The second-order valence-electron chi connectivity index (χ2n) is 7.80. The van der Waals surface area contributed by atoms with E-state index >= 15 is 0 Å². The molecule has 2 aliphatic heterocycles. The molecule has 2 saturated heterocycles. The SMILES string of the molecule is C[C@]1(COC(=O)NCc2ccncc2)[C@H](C(=O)O)N2C(=O)C(=Cc3ccccn3)[C@H]2S1(=O)=O. The van der Waals surface area contributed by atoms with E-state index in [0.717, 1.165) is 10.5 Å². The predicted molar refractivity (Wildman–Crippen MR) is 114 cm³/mol. The average Bonchev–Trinajstić information content (AvgIpc) is 2.97. The van der Waals surface area contributed by atoms with E-state index in [1.54, 1.807) is 42.7 Å². The van der Waals surface area contributed by atoms with Gasteiger partial charge in [0, 0.05) is 25.1 Å². The first kappa shape index (κ1) is 22.4. The molecule has 0 aliphatic carbocycles. The lowest BCUT2D eigenvalue weighted by Gasteiger charge is -2.37. The minimum absolute atomic E-state index is 0.0780. The maximum Gasteiger partial charge on any atom is 0.407 e. The number of alkyl carbamates (subject to hydrolysis) is 1. The highest BCUT2D eigenvalue weighted by Crippen LogP contribution is 2.49. The Labute approximate surface area is 189 Å². The number of pyridine rings is 2. The third-order valence-corrected chi connectivity index (χ3v) is 8.41. The lowest BCUT2D eigenvalue weighted by atomic mass is 9.94. The van der Waals surface area contributed by atoms with Gasteiger partial charge in [-0.3, -0.25) is 14.8 Å². The topological polar surface area (TPSA) is 156 Å². The molecule has 0 bridgehead atoms. The molecule has 0 spiro atoms. The number of ether oxygens (including phenoxy) is 1. The molecule has 2 N–H and O–H groups in total. The number of nitrogens with zero attached hydrogens (tertiary/aromatic N) is 3. The minimum Gasteiger partial charge on any atom is -0.480 e. The van der Waals surface area contributed by atoms with Crippen LogP contribution in [0.25, 0.3) is 6.08 Å². The van der Waals surface area contributed by atoms with Gasteiger partial charge < -0.3 is 20.1 Å². The second kappa shape index (κ2) is 8.28. The maximum atomic E-state index is 13.4. The van der Waals surface area contributed by atoms with E-state index in [1.807, 2.05) is 0 Å². The van der Waals surface area contributed by atoms with Crippen molar-refractivity contribution >= 4 is 33.9 Å². The number of amides is 2. The minimum atomic E-state index is -4.27. The van der Waals surface area contributed by atoms with E-state index in [-0.39, 0.29) is 12.1 Å². The van der Waals surface area contributed by atoms with Crippen LogP contribution in [0, 0.1) is 0 Å². The zero-order chi connectivity index (χ0) is 23.8. The summed E-state index contributed by atoms with van der Waals surface area (Å²) in [5.41, 5.74) is 1.03. The summed E-state index contributed by atoms with van der Waals surface area (Å²) in [6.07, 6.45) is 4.98. The molecule has 12 heteroatoms. The van der Waals surface area contributed by atoms with Gasteiger partial charge in [0.25, 0.3) is 5.91 Å². The zero-order valence-electron chi connectivity index (χ0n) is 17.4. The van der Waals surface area contributed by atoms with Crippen molar-refractivity contribution in [2.24, 2.45) is 0 Å². The van der Waals surface area contributed by atoms with Crippen LogP contribution in [0.1, 0.15) is 18.2 Å². The van der Waals surface area contributed by atoms with Crippen LogP contribution in [-0.4, -0.2) is 69.1 Å². The Bertz CT molecular complexity index is 1230. The van der Waals surface area contributed by atoms with Crippen molar-refractivity contribution in [2.75, 3.05) is 6.61 Å². The van der Waals surface area contributed by atoms with Crippen LogP contribution in [0.4, 0.5) is 4.79 Å². The van der Waals surface area contributed by atoms with Gasteiger partial charge in [-0.15, -0.1) is 0 Å². The molecular formula is C21H20N4O7S. The van der Waals surface area contributed by atoms with Crippen molar-refractivity contribution < 1.29 is 32.6 Å². The molecule has 2 aromatic heterocycles. The van der Waals surface area contributed by atoms with E-state index in [1.165, 1.54) is 19.2 Å². The van der Waals surface area contributed by atoms with Crippen molar-refractivity contribution in [2.45, 2.75) is 29.6 Å². The largest absolute Gasteiger partial charge is 0.480 e. The normalized spacial score (nSPS) is 26.4. The molecule has 0 radical (unpaired) electrons. The number of β-lactam (4-membered cyclic amide) rings is 1. The Hall–Kier alpha value is -3.80.